The average Bonchev–Trinajstić information content (AvgIpc) is 3.45. The predicted molar refractivity (Wildman–Crippen MR) is 347 cm³/mol. The summed E-state index contributed by atoms with van der Waals surface area (Å²) in [6.45, 7) is 4.91. The Morgan fingerprint density at radius 1 is 0.342 bits per heavy atom. The van der Waals surface area contributed by atoms with Gasteiger partial charge in [-0.3, -0.25) is 9.59 Å². The Labute approximate surface area is 494 Å². The zero-order valence-electron chi connectivity index (χ0n) is 53.4. The molecule has 0 aromatic carbocycles. The van der Waals surface area contributed by atoms with Crippen LogP contribution in [-0.2, 0) is 14.3 Å². The van der Waals surface area contributed by atoms with Gasteiger partial charge in [-0.1, -0.05) is 333 Å². The molecule has 0 aliphatic rings. The second kappa shape index (κ2) is 68.6. The molecule has 466 valence electrons. The maximum Gasteiger partial charge on any atom is 0.305 e. The molecular formula is C73H139NO5. The molecule has 0 fully saturated rings. The first-order valence-electron chi connectivity index (χ1n) is 35.8. The summed E-state index contributed by atoms with van der Waals surface area (Å²) in [5.74, 6) is -0.0472. The maximum absolute atomic E-state index is 12.4. The highest BCUT2D eigenvalue weighted by atomic mass is 16.5. The number of hydrogen-bond acceptors (Lipinski definition) is 5. The number of aliphatic hydroxyl groups excluding tert-OH is 2. The summed E-state index contributed by atoms with van der Waals surface area (Å²) in [7, 11) is 0. The van der Waals surface area contributed by atoms with Crippen molar-refractivity contribution in [3.63, 3.8) is 0 Å². The number of carbonyl (C=O) groups is 2. The van der Waals surface area contributed by atoms with E-state index in [4.69, 9.17) is 4.74 Å². The molecule has 1 amide bonds. The van der Waals surface area contributed by atoms with E-state index in [1.807, 2.05) is 6.08 Å². The molecule has 0 aromatic rings. The lowest BCUT2D eigenvalue weighted by Gasteiger charge is -2.20. The molecule has 0 heterocycles. The van der Waals surface area contributed by atoms with Gasteiger partial charge >= 0.3 is 5.97 Å². The Balaban J connectivity index is 3.32. The van der Waals surface area contributed by atoms with E-state index in [0.717, 1.165) is 38.5 Å². The number of aliphatic hydroxyl groups is 2. The van der Waals surface area contributed by atoms with Crippen molar-refractivity contribution in [3.05, 3.63) is 36.5 Å². The van der Waals surface area contributed by atoms with Crippen LogP contribution in [-0.4, -0.2) is 47.4 Å². The van der Waals surface area contributed by atoms with Crippen molar-refractivity contribution < 1.29 is 24.5 Å². The van der Waals surface area contributed by atoms with Crippen LogP contribution in [0.4, 0.5) is 0 Å². The van der Waals surface area contributed by atoms with Crippen LogP contribution in [0.3, 0.4) is 0 Å². The highest BCUT2D eigenvalue weighted by Crippen LogP contribution is 2.18. The molecule has 0 rings (SSSR count). The molecule has 6 heteroatoms. The molecule has 2 unspecified atom stereocenters. The molecule has 2 atom stereocenters. The van der Waals surface area contributed by atoms with E-state index in [-0.39, 0.29) is 18.5 Å². The van der Waals surface area contributed by atoms with Gasteiger partial charge in [0.15, 0.2) is 0 Å². The molecule has 0 aliphatic carbocycles. The fraction of sp³-hybridized carbons (Fsp3) is 0.890. The number of unbranched alkanes of at least 4 members (excludes halogenated alkanes) is 52. The van der Waals surface area contributed by atoms with Crippen molar-refractivity contribution >= 4 is 11.9 Å². The van der Waals surface area contributed by atoms with Crippen LogP contribution in [0.5, 0.6) is 0 Å². The third-order valence-electron chi connectivity index (χ3n) is 16.6. The van der Waals surface area contributed by atoms with Crippen LogP contribution in [0.2, 0.25) is 0 Å². The summed E-state index contributed by atoms with van der Waals surface area (Å²) < 4.78 is 5.51. The topological polar surface area (TPSA) is 95.9 Å². The summed E-state index contributed by atoms with van der Waals surface area (Å²) >= 11 is 0. The first-order chi connectivity index (χ1) is 39.0. The minimum Gasteiger partial charge on any atom is -0.466 e. The Kier molecular flexibility index (Phi) is 66.9. The number of amides is 1. The van der Waals surface area contributed by atoms with E-state index in [2.05, 4.69) is 43.5 Å². The number of rotatable bonds is 67. The van der Waals surface area contributed by atoms with Crippen molar-refractivity contribution in [2.45, 2.75) is 405 Å². The lowest BCUT2D eigenvalue weighted by molar-refractivity contribution is -0.143. The molecule has 79 heavy (non-hydrogen) atoms. The Morgan fingerprint density at radius 3 is 0.899 bits per heavy atom. The van der Waals surface area contributed by atoms with Crippen molar-refractivity contribution in [2.75, 3.05) is 13.2 Å². The lowest BCUT2D eigenvalue weighted by atomic mass is 10.0. The number of carbonyl (C=O) groups excluding carboxylic acids is 2. The standard InChI is InChI=1S/C73H139NO5/c1-3-5-7-9-11-13-15-16-17-18-34-38-41-44-47-51-55-59-63-67-73(78)79-68-64-60-56-52-48-45-42-39-36-33-31-29-27-25-23-21-19-20-22-24-26-28-30-32-35-37-40-43-46-50-54-58-62-66-72(77)74-70(69-75)71(76)65-61-57-53-49-14-12-10-8-6-4-2/h16-17,23,25,61,65,70-71,75-76H,3-15,18-22,24,26-60,62-64,66-69H2,1-2H3,(H,74,77)/b17-16-,25-23-,65-61+. The quantitative estimate of drug-likeness (QED) is 0.0320. The summed E-state index contributed by atoms with van der Waals surface area (Å²) in [4.78, 5) is 24.5. The molecule has 0 saturated heterocycles. The average molecular weight is 1110 g/mol. The third kappa shape index (κ3) is 65.1. The molecule has 0 bridgehead atoms. The number of esters is 1. The van der Waals surface area contributed by atoms with Crippen LogP contribution in [0.15, 0.2) is 36.5 Å². The van der Waals surface area contributed by atoms with Crippen molar-refractivity contribution in [3.8, 4) is 0 Å². The van der Waals surface area contributed by atoms with Crippen LogP contribution >= 0.6 is 0 Å². The molecule has 6 nitrogen and oxygen atoms in total. The van der Waals surface area contributed by atoms with Crippen molar-refractivity contribution in [1.82, 2.24) is 5.32 Å². The van der Waals surface area contributed by atoms with E-state index in [0.29, 0.717) is 19.4 Å². The number of allylic oxidation sites excluding steroid dienone is 5. The van der Waals surface area contributed by atoms with Crippen LogP contribution in [0, 0.1) is 0 Å². The van der Waals surface area contributed by atoms with Gasteiger partial charge in [-0.05, 0) is 83.5 Å². The molecule has 0 spiro atoms. The normalized spacial score (nSPS) is 12.7. The van der Waals surface area contributed by atoms with Crippen molar-refractivity contribution in [2.24, 2.45) is 0 Å². The van der Waals surface area contributed by atoms with E-state index >= 15 is 0 Å². The summed E-state index contributed by atoms with van der Waals surface area (Å²) in [6.07, 6.45) is 88.2. The molecular weight excluding hydrogens is 971 g/mol. The zero-order valence-corrected chi connectivity index (χ0v) is 53.4. The van der Waals surface area contributed by atoms with E-state index < -0.39 is 12.1 Å². The monoisotopic (exact) mass is 1110 g/mol. The first kappa shape index (κ1) is 77.1. The summed E-state index contributed by atoms with van der Waals surface area (Å²) in [5.41, 5.74) is 0. The largest absolute Gasteiger partial charge is 0.466 e. The number of hydrogen-bond donors (Lipinski definition) is 3. The molecule has 0 aliphatic heterocycles. The van der Waals surface area contributed by atoms with E-state index in [1.165, 1.54) is 327 Å². The van der Waals surface area contributed by atoms with Gasteiger partial charge in [0.2, 0.25) is 5.91 Å². The van der Waals surface area contributed by atoms with Gasteiger partial charge in [-0.15, -0.1) is 0 Å². The maximum atomic E-state index is 12.4. The number of ether oxygens (including phenoxy) is 1. The number of nitrogens with one attached hydrogen (secondary N) is 1. The summed E-state index contributed by atoms with van der Waals surface area (Å²) in [6, 6.07) is -0.624. The minimum atomic E-state index is -0.840. The predicted octanol–water partition coefficient (Wildman–Crippen LogP) is 23.1. The highest BCUT2D eigenvalue weighted by molar-refractivity contribution is 5.76. The Hall–Kier alpha value is -1.92. The minimum absolute atomic E-state index is 0.0184. The smallest absolute Gasteiger partial charge is 0.305 e. The highest BCUT2D eigenvalue weighted by Gasteiger charge is 2.18. The fourth-order valence-corrected chi connectivity index (χ4v) is 11.2. The van der Waals surface area contributed by atoms with Gasteiger partial charge < -0.3 is 20.3 Å². The van der Waals surface area contributed by atoms with Gasteiger partial charge in [-0.25, -0.2) is 0 Å². The van der Waals surface area contributed by atoms with Crippen molar-refractivity contribution in [1.29, 1.82) is 0 Å². The first-order valence-corrected chi connectivity index (χ1v) is 35.8. The molecule has 0 radical (unpaired) electrons. The Morgan fingerprint density at radius 2 is 0.595 bits per heavy atom. The van der Waals surface area contributed by atoms with Gasteiger partial charge in [0.1, 0.15) is 0 Å². The van der Waals surface area contributed by atoms with E-state index in [1.54, 1.807) is 6.08 Å². The molecule has 0 aromatic heterocycles. The second-order valence-electron chi connectivity index (χ2n) is 24.6. The van der Waals surface area contributed by atoms with Gasteiger partial charge in [0.05, 0.1) is 25.4 Å². The van der Waals surface area contributed by atoms with E-state index in [9.17, 15) is 19.8 Å². The van der Waals surface area contributed by atoms with Crippen LogP contribution in [0.25, 0.3) is 0 Å². The van der Waals surface area contributed by atoms with Gasteiger partial charge in [0, 0.05) is 12.8 Å². The molecule has 3 N–H and O–H groups in total. The fourth-order valence-electron chi connectivity index (χ4n) is 11.2. The SMILES string of the molecule is CCCCCCCC/C=C\CCCCCCCCCCCC(=O)OCCCCCCCCCCCCCC/C=C\CCCCCCCCCCCCCCCCCCCC(=O)NC(CO)C(O)/C=C/CCCCCCCCCC. The van der Waals surface area contributed by atoms with Crippen LogP contribution in [0.1, 0.15) is 393 Å². The molecule has 0 saturated carbocycles. The van der Waals surface area contributed by atoms with Gasteiger partial charge in [-0.2, -0.15) is 0 Å². The summed E-state index contributed by atoms with van der Waals surface area (Å²) in [5, 5.41) is 23.0. The zero-order chi connectivity index (χ0) is 57.1. The second-order valence-corrected chi connectivity index (χ2v) is 24.6. The Bertz CT molecular complexity index is 1280. The van der Waals surface area contributed by atoms with Crippen LogP contribution < -0.4 is 5.32 Å². The lowest BCUT2D eigenvalue weighted by Crippen LogP contribution is -2.45. The van der Waals surface area contributed by atoms with Gasteiger partial charge in [0.25, 0.3) is 0 Å². The third-order valence-corrected chi connectivity index (χ3v) is 16.6.